The van der Waals surface area contributed by atoms with Crippen molar-refractivity contribution in [2.45, 2.75) is 64.8 Å². The van der Waals surface area contributed by atoms with E-state index >= 15 is 0 Å². The molecule has 0 spiro atoms. The number of nitrogens with one attached hydrogen (secondary N) is 2. The quantitative estimate of drug-likeness (QED) is 0.446. The minimum absolute atomic E-state index is 0.0170. The number of nitrogens with zero attached hydrogens (tertiary/aromatic N) is 3. The lowest BCUT2D eigenvalue weighted by Crippen LogP contribution is -2.58. The number of amides is 3. The Hall–Kier alpha value is -4.74. The predicted molar refractivity (Wildman–Crippen MR) is 166 cm³/mol. The number of rotatable bonds is 5. The van der Waals surface area contributed by atoms with Crippen LogP contribution < -0.4 is 29.6 Å². The zero-order chi connectivity index (χ0) is 31.9. The molecule has 0 saturated carbocycles. The zero-order valence-electron chi connectivity index (χ0n) is 26.3. The van der Waals surface area contributed by atoms with E-state index in [4.69, 9.17) is 18.9 Å². The highest BCUT2D eigenvalue weighted by atomic mass is 16.5. The van der Waals surface area contributed by atoms with Crippen molar-refractivity contribution in [2.75, 3.05) is 33.9 Å². The number of methoxy groups -OCH3 is 2. The van der Waals surface area contributed by atoms with E-state index in [2.05, 4.69) is 15.7 Å². The minimum atomic E-state index is -0.493. The average Bonchev–Trinajstić information content (AvgIpc) is 3.37. The summed E-state index contributed by atoms with van der Waals surface area (Å²) in [4.78, 5) is 40.9. The van der Waals surface area contributed by atoms with Gasteiger partial charge in [-0.15, -0.1) is 0 Å². The molecular formula is C33H41N5O7. The van der Waals surface area contributed by atoms with Gasteiger partial charge in [0.15, 0.2) is 18.1 Å². The highest BCUT2D eigenvalue weighted by molar-refractivity contribution is 5.79. The molecule has 1 saturated heterocycles. The van der Waals surface area contributed by atoms with Crippen LogP contribution in [0, 0.1) is 13.8 Å². The summed E-state index contributed by atoms with van der Waals surface area (Å²) in [6.45, 7) is 5.18. The van der Waals surface area contributed by atoms with Crippen molar-refractivity contribution >= 4 is 17.7 Å². The fourth-order valence-electron chi connectivity index (χ4n) is 5.74. The van der Waals surface area contributed by atoms with E-state index in [-0.39, 0.29) is 37.3 Å². The van der Waals surface area contributed by atoms with Gasteiger partial charge in [0.1, 0.15) is 17.6 Å². The highest BCUT2D eigenvalue weighted by Gasteiger charge is 2.34. The number of ether oxygens (including phenoxy) is 4. The number of carbonyl (C=O) groups excluding carboxylic acids is 3. The molecule has 0 unspecified atom stereocenters. The normalized spacial score (nSPS) is 19.1. The molecule has 6 rings (SSSR count). The first-order chi connectivity index (χ1) is 21.7. The molecule has 3 aliphatic rings. The third-order valence-corrected chi connectivity index (χ3v) is 8.14. The van der Waals surface area contributed by atoms with Gasteiger partial charge in [-0.05, 0) is 56.2 Å². The van der Waals surface area contributed by atoms with Gasteiger partial charge in [-0.25, -0.2) is 0 Å². The summed E-state index contributed by atoms with van der Waals surface area (Å²) >= 11 is 0. The predicted octanol–water partition coefficient (Wildman–Crippen LogP) is 2.71. The van der Waals surface area contributed by atoms with Crippen LogP contribution in [-0.4, -0.2) is 78.5 Å². The van der Waals surface area contributed by atoms with Crippen LogP contribution in [0.4, 0.5) is 0 Å². The molecule has 240 valence electrons. The van der Waals surface area contributed by atoms with Crippen LogP contribution in [-0.2, 0) is 33.9 Å². The lowest BCUT2D eigenvalue weighted by molar-refractivity contribution is -0.135. The summed E-state index contributed by atoms with van der Waals surface area (Å²) in [6.07, 6.45) is 1.14. The Kier molecular flexibility index (Phi) is 10.1. The lowest BCUT2D eigenvalue weighted by Gasteiger charge is -2.39. The number of carbonyl (C=O) groups is 3. The molecule has 0 aliphatic carbocycles. The van der Waals surface area contributed by atoms with Crippen LogP contribution in [0.3, 0.4) is 0 Å². The molecule has 2 N–H and O–H groups in total. The molecule has 12 nitrogen and oxygen atoms in total. The number of hydrogen-bond donors (Lipinski definition) is 2. The van der Waals surface area contributed by atoms with Crippen LogP contribution in [0.25, 0.3) is 0 Å². The van der Waals surface area contributed by atoms with Crippen molar-refractivity contribution in [2.24, 2.45) is 0 Å². The molecule has 45 heavy (non-hydrogen) atoms. The van der Waals surface area contributed by atoms with Gasteiger partial charge < -0.3 is 34.5 Å². The maximum absolute atomic E-state index is 13.3. The Morgan fingerprint density at radius 1 is 1.02 bits per heavy atom. The van der Waals surface area contributed by atoms with Gasteiger partial charge in [0.05, 0.1) is 26.0 Å². The summed E-state index contributed by atoms with van der Waals surface area (Å²) in [5.74, 6) is 1.55. The van der Waals surface area contributed by atoms with Gasteiger partial charge in [-0.1, -0.05) is 6.07 Å². The lowest BCUT2D eigenvalue weighted by atomic mass is 10.0. The van der Waals surface area contributed by atoms with Gasteiger partial charge in [0.2, 0.25) is 11.8 Å². The number of fused-ring (bicyclic) bond motifs is 9. The Balaban J connectivity index is 1.36. The zero-order valence-corrected chi connectivity index (χ0v) is 26.3. The fraction of sp³-hybridized carbons (Fsp3) is 0.455. The molecule has 4 bridgehead atoms. The monoisotopic (exact) mass is 619 g/mol. The molecule has 4 heterocycles. The van der Waals surface area contributed by atoms with E-state index < -0.39 is 12.1 Å². The molecule has 12 heteroatoms. The highest BCUT2D eigenvalue weighted by Crippen LogP contribution is 2.30. The van der Waals surface area contributed by atoms with Crippen LogP contribution in [0.5, 0.6) is 23.0 Å². The number of benzene rings is 2. The largest absolute Gasteiger partial charge is 0.496 e. The second-order valence-electron chi connectivity index (χ2n) is 11.4. The average molecular weight is 620 g/mol. The van der Waals surface area contributed by atoms with E-state index in [1.807, 2.05) is 42.8 Å². The van der Waals surface area contributed by atoms with E-state index in [1.54, 1.807) is 30.2 Å². The third-order valence-electron chi connectivity index (χ3n) is 8.14. The number of aryl methyl sites for hydroxylation is 4. The maximum atomic E-state index is 13.3. The minimum Gasteiger partial charge on any atom is -0.496 e. The molecule has 1 fully saturated rings. The van der Waals surface area contributed by atoms with Gasteiger partial charge in [-0.3, -0.25) is 19.1 Å². The van der Waals surface area contributed by atoms with Crippen LogP contribution in [0.2, 0.25) is 0 Å². The van der Waals surface area contributed by atoms with Gasteiger partial charge in [0, 0.05) is 62.8 Å². The first-order valence-electron chi connectivity index (χ1n) is 15.2. The van der Waals surface area contributed by atoms with Crippen LogP contribution in [0.1, 0.15) is 41.8 Å². The third kappa shape index (κ3) is 8.05. The number of aromatic nitrogens is 2. The summed E-state index contributed by atoms with van der Waals surface area (Å²) < 4.78 is 25.2. The van der Waals surface area contributed by atoms with Crippen molar-refractivity contribution in [3.8, 4) is 23.0 Å². The Labute approximate surface area is 263 Å². The molecule has 2 aromatic carbocycles. The first-order valence-corrected chi connectivity index (χ1v) is 15.2. The Morgan fingerprint density at radius 3 is 2.60 bits per heavy atom. The Bertz CT molecular complexity index is 1540. The summed E-state index contributed by atoms with van der Waals surface area (Å²) in [7, 11) is 3.10. The SMILES string of the molecule is COc1cc2ccc1CNC(=O)CCc1ccc(OC)c(c1)OCC(=O)N[C@@H]1CN(C(=O)CCn3nc(C)cc3C)CC[C@@H]1O2. The van der Waals surface area contributed by atoms with E-state index in [9.17, 15) is 14.4 Å². The summed E-state index contributed by atoms with van der Waals surface area (Å²) in [5, 5.41) is 10.5. The molecule has 3 aromatic rings. The molecule has 0 radical (unpaired) electrons. The van der Waals surface area contributed by atoms with E-state index in [0.717, 1.165) is 22.5 Å². The molecule has 1 aromatic heterocycles. The van der Waals surface area contributed by atoms with Crippen LogP contribution >= 0.6 is 0 Å². The van der Waals surface area contributed by atoms with E-state index in [1.165, 1.54) is 7.11 Å². The van der Waals surface area contributed by atoms with Gasteiger partial charge in [-0.2, -0.15) is 5.10 Å². The van der Waals surface area contributed by atoms with Crippen molar-refractivity contribution in [1.29, 1.82) is 0 Å². The second-order valence-corrected chi connectivity index (χ2v) is 11.4. The second kappa shape index (κ2) is 14.4. The number of likely N-dealkylation sites (tertiary alicyclic amines) is 1. The number of piperidine rings is 1. The van der Waals surface area contributed by atoms with Gasteiger partial charge in [0.25, 0.3) is 5.91 Å². The van der Waals surface area contributed by atoms with E-state index in [0.29, 0.717) is 61.9 Å². The first kappa shape index (κ1) is 31.7. The standard InChI is InChI=1S/C33H41N5O7/c1-21-15-22(2)38(36-21)14-12-33(41)37-13-11-27-26(19-37)35-32(40)20-44-30-16-23(5-9-28(30)42-3)6-10-31(39)34-18-24-7-8-25(45-27)17-29(24)43-4/h5,7-9,15-17,26-27H,6,10-14,18-20H2,1-4H3,(H,34,39)(H,35,40)/t26-,27+/m1/s1. The van der Waals surface area contributed by atoms with Crippen LogP contribution in [0.15, 0.2) is 42.5 Å². The fourth-order valence-corrected chi connectivity index (χ4v) is 5.74. The van der Waals surface area contributed by atoms with Crippen molar-refractivity contribution in [1.82, 2.24) is 25.3 Å². The molecule has 3 amide bonds. The molecule has 3 aliphatic heterocycles. The van der Waals surface area contributed by atoms with Gasteiger partial charge >= 0.3 is 0 Å². The van der Waals surface area contributed by atoms with Crippen molar-refractivity contribution in [3.63, 3.8) is 0 Å². The smallest absolute Gasteiger partial charge is 0.258 e. The summed E-state index contributed by atoms with van der Waals surface area (Å²) in [6, 6.07) is 12.4. The van der Waals surface area contributed by atoms with Crippen molar-refractivity contribution in [3.05, 3.63) is 65.0 Å². The molecular weight excluding hydrogens is 578 g/mol. The summed E-state index contributed by atoms with van der Waals surface area (Å²) in [5.41, 5.74) is 3.60. The maximum Gasteiger partial charge on any atom is 0.258 e. The topological polar surface area (TPSA) is 133 Å². The van der Waals surface area contributed by atoms with Crippen molar-refractivity contribution < 1.29 is 33.3 Å². The number of hydrogen-bond acceptors (Lipinski definition) is 8. The Morgan fingerprint density at radius 2 is 1.84 bits per heavy atom. The molecule has 2 atom stereocenters.